The Labute approximate surface area is 110 Å². The van der Waals surface area contributed by atoms with E-state index in [9.17, 15) is 4.39 Å². The molecule has 0 bridgehead atoms. The molecule has 1 aliphatic heterocycles. The molecule has 19 heavy (non-hydrogen) atoms. The zero-order valence-corrected chi connectivity index (χ0v) is 10.5. The fraction of sp³-hybridized carbons (Fsp3) is 0.385. The molecule has 5 nitrogen and oxygen atoms in total. The third-order valence-electron chi connectivity index (χ3n) is 3.29. The third kappa shape index (κ3) is 2.31. The van der Waals surface area contributed by atoms with E-state index in [1.54, 1.807) is 6.07 Å². The van der Waals surface area contributed by atoms with Crippen LogP contribution < -0.4 is 10.6 Å². The number of rotatable bonds is 3. The predicted molar refractivity (Wildman–Crippen MR) is 69.0 cm³/mol. The van der Waals surface area contributed by atoms with Gasteiger partial charge < -0.3 is 15.2 Å². The molecule has 0 unspecified atom stereocenters. The fourth-order valence-electron chi connectivity index (χ4n) is 2.37. The molecule has 0 spiro atoms. The van der Waals surface area contributed by atoms with Gasteiger partial charge in [-0.05, 0) is 31.0 Å². The van der Waals surface area contributed by atoms with Gasteiger partial charge in [0.25, 0.3) is 0 Å². The zero-order valence-electron chi connectivity index (χ0n) is 10.5. The Hall–Kier alpha value is -1.95. The summed E-state index contributed by atoms with van der Waals surface area (Å²) in [5, 5.41) is 3.87. The molecule has 0 atom stereocenters. The number of benzene rings is 1. The molecular formula is C13H15FN4O. The van der Waals surface area contributed by atoms with Crippen molar-refractivity contribution < 1.29 is 8.91 Å². The summed E-state index contributed by atoms with van der Waals surface area (Å²) >= 11 is 0. The number of anilines is 1. The molecule has 1 aromatic carbocycles. The van der Waals surface area contributed by atoms with Crippen molar-refractivity contribution in [1.29, 1.82) is 0 Å². The van der Waals surface area contributed by atoms with Crippen LogP contribution in [0.1, 0.15) is 18.7 Å². The highest BCUT2D eigenvalue weighted by Gasteiger charge is 2.20. The Morgan fingerprint density at radius 2 is 2.11 bits per heavy atom. The van der Waals surface area contributed by atoms with E-state index in [0.717, 1.165) is 31.6 Å². The maximum absolute atomic E-state index is 13.5. The molecule has 1 aromatic heterocycles. The second-order valence-corrected chi connectivity index (χ2v) is 4.57. The molecule has 6 heteroatoms. The highest BCUT2D eigenvalue weighted by molar-refractivity contribution is 5.74. The van der Waals surface area contributed by atoms with Gasteiger partial charge in [0, 0.05) is 24.3 Å². The van der Waals surface area contributed by atoms with Gasteiger partial charge in [0.05, 0.1) is 6.54 Å². The maximum atomic E-state index is 13.5. The molecule has 100 valence electrons. The SMILES string of the molecule is NCc1nc(-c2cc(F)ccc2N2CCCC2)no1. The van der Waals surface area contributed by atoms with Crippen molar-refractivity contribution in [3.63, 3.8) is 0 Å². The average Bonchev–Trinajstić information content (AvgIpc) is 3.10. The Balaban J connectivity index is 2.04. The lowest BCUT2D eigenvalue weighted by Crippen LogP contribution is -2.18. The number of halogens is 1. The number of hydrogen-bond acceptors (Lipinski definition) is 5. The van der Waals surface area contributed by atoms with Gasteiger partial charge >= 0.3 is 0 Å². The Morgan fingerprint density at radius 1 is 1.32 bits per heavy atom. The Bertz CT molecular complexity index is 578. The molecule has 0 amide bonds. The second kappa shape index (κ2) is 4.97. The van der Waals surface area contributed by atoms with Crippen molar-refractivity contribution in [3.8, 4) is 11.4 Å². The van der Waals surface area contributed by atoms with Crippen molar-refractivity contribution >= 4 is 5.69 Å². The minimum Gasteiger partial charge on any atom is -0.371 e. The molecule has 1 saturated heterocycles. The van der Waals surface area contributed by atoms with Gasteiger partial charge in [0.2, 0.25) is 11.7 Å². The van der Waals surface area contributed by atoms with Gasteiger partial charge in [-0.1, -0.05) is 5.16 Å². The number of nitrogens with two attached hydrogens (primary N) is 1. The van der Waals surface area contributed by atoms with Gasteiger partial charge in [-0.2, -0.15) is 4.98 Å². The molecule has 1 fully saturated rings. The van der Waals surface area contributed by atoms with Crippen LogP contribution in [0.15, 0.2) is 22.7 Å². The Kier molecular flexibility index (Phi) is 3.16. The van der Waals surface area contributed by atoms with Gasteiger partial charge in [-0.25, -0.2) is 4.39 Å². The summed E-state index contributed by atoms with van der Waals surface area (Å²) in [6.07, 6.45) is 2.30. The first-order valence-corrected chi connectivity index (χ1v) is 6.35. The van der Waals surface area contributed by atoms with E-state index >= 15 is 0 Å². The van der Waals surface area contributed by atoms with Gasteiger partial charge in [0.1, 0.15) is 5.82 Å². The third-order valence-corrected chi connectivity index (χ3v) is 3.29. The van der Waals surface area contributed by atoms with E-state index in [2.05, 4.69) is 15.0 Å². The van der Waals surface area contributed by atoms with Crippen LogP contribution in [0.5, 0.6) is 0 Å². The maximum Gasteiger partial charge on any atom is 0.240 e. The average molecular weight is 262 g/mol. The number of hydrogen-bond donors (Lipinski definition) is 1. The van der Waals surface area contributed by atoms with Crippen LogP contribution in [0.25, 0.3) is 11.4 Å². The molecule has 2 heterocycles. The zero-order chi connectivity index (χ0) is 13.2. The molecule has 2 N–H and O–H groups in total. The van der Waals surface area contributed by atoms with Crippen LogP contribution >= 0.6 is 0 Å². The first-order chi connectivity index (χ1) is 9.28. The van der Waals surface area contributed by atoms with Crippen LogP contribution in [0, 0.1) is 5.82 Å². The van der Waals surface area contributed by atoms with Gasteiger partial charge in [-0.15, -0.1) is 0 Å². The summed E-state index contributed by atoms with van der Waals surface area (Å²) in [5.74, 6) is 0.436. The summed E-state index contributed by atoms with van der Waals surface area (Å²) < 4.78 is 18.5. The lowest BCUT2D eigenvalue weighted by Gasteiger charge is -2.20. The summed E-state index contributed by atoms with van der Waals surface area (Å²) in [7, 11) is 0. The van der Waals surface area contributed by atoms with Crippen LogP contribution in [0.2, 0.25) is 0 Å². The van der Waals surface area contributed by atoms with Gasteiger partial charge in [-0.3, -0.25) is 0 Å². The summed E-state index contributed by atoms with van der Waals surface area (Å²) in [6.45, 7) is 2.13. The van der Waals surface area contributed by atoms with Crippen molar-refractivity contribution in [2.24, 2.45) is 5.73 Å². The predicted octanol–water partition coefficient (Wildman–Crippen LogP) is 1.93. The first kappa shape index (κ1) is 12.1. The summed E-state index contributed by atoms with van der Waals surface area (Å²) in [6, 6.07) is 4.67. The van der Waals surface area contributed by atoms with Crippen LogP contribution in [-0.4, -0.2) is 23.2 Å². The lowest BCUT2D eigenvalue weighted by molar-refractivity contribution is 0.380. The van der Waals surface area contributed by atoms with Crippen molar-refractivity contribution in [1.82, 2.24) is 10.1 Å². The van der Waals surface area contributed by atoms with E-state index in [0.29, 0.717) is 17.3 Å². The fourth-order valence-corrected chi connectivity index (χ4v) is 2.37. The summed E-state index contributed by atoms with van der Waals surface area (Å²) in [5.41, 5.74) is 7.06. The lowest BCUT2D eigenvalue weighted by atomic mass is 10.1. The van der Waals surface area contributed by atoms with Crippen LogP contribution in [-0.2, 0) is 6.54 Å². The second-order valence-electron chi connectivity index (χ2n) is 4.57. The molecule has 0 radical (unpaired) electrons. The largest absolute Gasteiger partial charge is 0.371 e. The highest BCUT2D eigenvalue weighted by atomic mass is 19.1. The smallest absolute Gasteiger partial charge is 0.240 e. The van der Waals surface area contributed by atoms with Crippen LogP contribution in [0.4, 0.5) is 10.1 Å². The minimum atomic E-state index is -0.308. The van der Waals surface area contributed by atoms with E-state index in [-0.39, 0.29) is 12.4 Å². The van der Waals surface area contributed by atoms with Gasteiger partial charge in [0.15, 0.2) is 0 Å². The first-order valence-electron chi connectivity index (χ1n) is 6.35. The van der Waals surface area contributed by atoms with E-state index in [1.807, 2.05) is 0 Å². The monoisotopic (exact) mass is 262 g/mol. The minimum absolute atomic E-state index is 0.182. The molecule has 3 rings (SSSR count). The Morgan fingerprint density at radius 3 is 2.79 bits per heavy atom. The normalized spacial score (nSPS) is 15.2. The van der Waals surface area contributed by atoms with Crippen molar-refractivity contribution in [2.45, 2.75) is 19.4 Å². The summed E-state index contributed by atoms with van der Waals surface area (Å²) in [4.78, 5) is 6.39. The quantitative estimate of drug-likeness (QED) is 0.915. The van der Waals surface area contributed by atoms with E-state index < -0.39 is 0 Å². The molecule has 0 saturated carbocycles. The van der Waals surface area contributed by atoms with Crippen molar-refractivity contribution in [2.75, 3.05) is 18.0 Å². The number of nitrogens with zero attached hydrogens (tertiary/aromatic N) is 3. The molecule has 0 aliphatic carbocycles. The number of aromatic nitrogens is 2. The molecule has 2 aromatic rings. The topological polar surface area (TPSA) is 68.2 Å². The standard InChI is InChI=1S/C13H15FN4O/c14-9-3-4-11(18-5-1-2-6-18)10(7-9)13-16-12(8-15)19-17-13/h3-4,7H,1-2,5-6,8,15H2. The molecular weight excluding hydrogens is 247 g/mol. The van der Waals surface area contributed by atoms with Crippen molar-refractivity contribution in [3.05, 3.63) is 29.9 Å². The molecule has 1 aliphatic rings. The highest BCUT2D eigenvalue weighted by Crippen LogP contribution is 2.31. The van der Waals surface area contributed by atoms with Crippen LogP contribution in [0.3, 0.4) is 0 Å². The van der Waals surface area contributed by atoms with E-state index in [4.69, 9.17) is 10.3 Å². The van der Waals surface area contributed by atoms with E-state index in [1.165, 1.54) is 12.1 Å².